The summed E-state index contributed by atoms with van der Waals surface area (Å²) in [5.41, 5.74) is 1.85. The van der Waals surface area contributed by atoms with Crippen LogP contribution in [-0.4, -0.2) is 49.0 Å². The number of thioether (sulfide) groups is 2. The SMILES string of the molecule is O=C(C1CC2CCC(C1)C21SCCS1)N1CCC(n2c(=O)[nH]c3ccccc32)CC1. The van der Waals surface area contributed by atoms with Crippen molar-refractivity contribution in [2.45, 2.75) is 48.6 Å². The highest BCUT2D eigenvalue weighted by molar-refractivity contribution is 8.21. The second-order valence-electron chi connectivity index (χ2n) is 9.43. The van der Waals surface area contributed by atoms with Crippen LogP contribution in [0.5, 0.6) is 0 Å². The Morgan fingerprint density at radius 3 is 2.37 bits per heavy atom. The molecular weight excluding hydrogens is 414 g/mol. The number of aromatic nitrogens is 2. The maximum absolute atomic E-state index is 13.4. The van der Waals surface area contributed by atoms with Gasteiger partial charge in [-0.3, -0.25) is 9.36 Å². The van der Waals surface area contributed by atoms with Crippen LogP contribution < -0.4 is 5.69 Å². The Hall–Kier alpha value is -1.34. The Morgan fingerprint density at radius 1 is 1.00 bits per heavy atom. The largest absolute Gasteiger partial charge is 0.342 e. The summed E-state index contributed by atoms with van der Waals surface area (Å²) in [6.07, 6.45) is 6.56. The number of carbonyl (C=O) groups is 1. The van der Waals surface area contributed by atoms with Crippen LogP contribution in [0, 0.1) is 17.8 Å². The summed E-state index contributed by atoms with van der Waals surface area (Å²) in [7, 11) is 0. The number of amides is 1. The van der Waals surface area contributed by atoms with Gasteiger partial charge < -0.3 is 9.88 Å². The zero-order valence-electron chi connectivity index (χ0n) is 17.2. The van der Waals surface area contributed by atoms with Crippen molar-refractivity contribution in [2.75, 3.05) is 24.6 Å². The number of nitrogens with zero attached hydrogens (tertiary/aromatic N) is 2. The van der Waals surface area contributed by atoms with Crippen LogP contribution >= 0.6 is 23.5 Å². The first-order valence-electron chi connectivity index (χ1n) is 11.4. The summed E-state index contributed by atoms with van der Waals surface area (Å²) in [6.45, 7) is 1.55. The van der Waals surface area contributed by atoms with Gasteiger partial charge in [0.25, 0.3) is 0 Å². The van der Waals surface area contributed by atoms with Crippen LogP contribution in [-0.2, 0) is 4.79 Å². The van der Waals surface area contributed by atoms with E-state index in [9.17, 15) is 9.59 Å². The van der Waals surface area contributed by atoms with Gasteiger partial charge >= 0.3 is 5.69 Å². The molecular formula is C23H29N3O2S2. The van der Waals surface area contributed by atoms with Gasteiger partial charge in [0.1, 0.15) is 0 Å². The van der Waals surface area contributed by atoms with Gasteiger partial charge in [0.15, 0.2) is 0 Å². The van der Waals surface area contributed by atoms with Crippen molar-refractivity contribution in [3.05, 3.63) is 34.7 Å². The monoisotopic (exact) mass is 443 g/mol. The van der Waals surface area contributed by atoms with Gasteiger partial charge in [0, 0.05) is 36.6 Å². The second-order valence-corrected chi connectivity index (χ2v) is 12.4. The van der Waals surface area contributed by atoms with Crippen molar-refractivity contribution < 1.29 is 4.79 Å². The van der Waals surface area contributed by atoms with E-state index in [0.29, 0.717) is 9.99 Å². The number of aromatic amines is 1. The van der Waals surface area contributed by atoms with E-state index < -0.39 is 0 Å². The molecule has 0 radical (unpaired) electrons. The summed E-state index contributed by atoms with van der Waals surface area (Å²) < 4.78 is 2.36. The smallest absolute Gasteiger partial charge is 0.326 e. The lowest BCUT2D eigenvalue weighted by Gasteiger charge is -2.44. The van der Waals surface area contributed by atoms with Crippen molar-refractivity contribution in [3.63, 3.8) is 0 Å². The summed E-state index contributed by atoms with van der Waals surface area (Å²) in [6, 6.07) is 8.08. The number of nitrogens with one attached hydrogen (secondary N) is 1. The number of piperidine rings is 1. The number of rotatable bonds is 2. The van der Waals surface area contributed by atoms with Crippen LogP contribution in [0.25, 0.3) is 11.0 Å². The van der Waals surface area contributed by atoms with E-state index in [1.54, 1.807) is 0 Å². The van der Waals surface area contributed by atoms with Crippen molar-refractivity contribution in [2.24, 2.45) is 17.8 Å². The Balaban J connectivity index is 1.13. The number of imidazole rings is 1. The van der Waals surface area contributed by atoms with Crippen LogP contribution in [0.4, 0.5) is 0 Å². The van der Waals surface area contributed by atoms with Gasteiger partial charge in [-0.15, -0.1) is 23.5 Å². The zero-order chi connectivity index (χ0) is 20.3. The third-order valence-electron chi connectivity index (χ3n) is 7.99. The molecule has 2 aliphatic heterocycles. The molecule has 4 fully saturated rings. The van der Waals surface area contributed by atoms with E-state index in [-0.39, 0.29) is 17.6 Å². The van der Waals surface area contributed by atoms with E-state index in [0.717, 1.165) is 61.6 Å². The van der Waals surface area contributed by atoms with E-state index in [1.807, 2.05) is 28.8 Å². The molecule has 30 heavy (non-hydrogen) atoms. The van der Waals surface area contributed by atoms with E-state index >= 15 is 0 Å². The highest BCUT2D eigenvalue weighted by atomic mass is 32.2. The standard InChI is InChI=1S/C23H29N3O2S2/c27-21(15-13-16-5-6-17(14-15)23(16)29-11-12-30-23)25-9-7-18(8-10-25)26-20-4-2-1-3-19(20)24-22(26)28/h1-4,15-18H,5-14H2,(H,24,28). The number of likely N-dealkylation sites (tertiary alicyclic amines) is 1. The molecule has 2 saturated carbocycles. The fraction of sp³-hybridized carbons (Fsp3) is 0.652. The zero-order valence-corrected chi connectivity index (χ0v) is 18.9. The number of carbonyl (C=O) groups excluding carboxylic acids is 1. The molecule has 5 nitrogen and oxygen atoms in total. The molecule has 2 aliphatic carbocycles. The van der Waals surface area contributed by atoms with Gasteiger partial charge in [-0.05, 0) is 62.5 Å². The number of benzene rings is 1. The molecule has 1 aromatic carbocycles. The van der Waals surface area contributed by atoms with Crippen molar-refractivity contribution in [1.29, 1.82) is 0 Å². The summed E-state index contributed by atoms with van der Waals surface area (Å²) >= 11 is 4.39. The molecule has 4 aliphatic rings. The molecule has 2 unspecified atom stereocenters. The fourth-order valence-electron chi connectivity index (χ4n) is 6.64. The summed E-state index contributed by atoms with van der Waals surface area (Å²) in [4.78, 5) is 31.0. The van der Waals surface area contributed by atoms with Crippen LogP contribution in [0.3, 0.4) is 0 Å². The maximum atomic E-state index is 13.4. The lowest BCUT2D eigenvalue weighted by Crippen LogP contribution is -2.47. The average Bonchev–Trinajstić information content (AvgIpc) is 3.42. The third-order valence-corrected chi connectivity index (χ3v) is 12.0. The lowest BCUT2D eigenvalue weighted by atomic mass is 9.79. The molecule has 2 aromatic rings. The van der Waals surface area contributed by atoms with Crippen LogP contribution in [0.15, 0.2) is 29.1 Å². The van der Waals surface area contributed by atoms with Crippen molar-refractivity contribution in [1.82, 2.24) is 14.5 Å². The predicted octanol–water partition coefficient (Wildman–Crippen LogP) is 4.11. The molecule has 1 spiro atoms. The topological polar surface area (TPSA) is 58.1 Å². The number of hydrogen-bond acceptors (Lipinski definition) is 4. The molecule has 1 aromatic heterocycles. The number of fused-ring (bicyclic) bond motifs is 1. The Labute approximate surface area is 185 Å². The molecule has 7 heteroatoms. The minimum Gasteiger partial charge on any atom is -0.342 e. The first kappa shape index (κ1) is 19.4. The first-order valence-corrected chi connectivity index (χ1v) is 13.4. The molecule has 160 valence electrons. The summed E-state index contributed by atoms with van der Waals surface area (Å²) in [5, 5.41) is 0. The predicted molar refractivity (Wildman–Crippen MR) is 124 cm³/mol. The molecule has 1 N–H and O–H groups in total. The highest BCUT2D eigenvalue weighted by Crippen LogP contribution is 2.66. The van der Waals surface area contributed by atoms with E-state index in [2.05, 4.69) is 33.4 Å². The molecule has 3 heterocycles. The molecule has 2 saturated heterocycles. The molecule has 2 atom stereocenters. The van der Waals surface area contributed by atoms with Crippen molar-refractivity contribution in [3.8, 4) is 0 Å². The van der Waals surface area contributed by atoms with Gasteiger partial charge in [-0.25, -0.2) is 4.79 Å². The van der Waals surface area contributed by atoms with Crippen LogP contribution in [0.1, 0.15) is 44.6 Å². The molecule has 2 bridgehead atoms. The second kappa shape index (κ2) is 7.37. The first-order chi connectivity index (χ1) is 14.7. The molecule has 6 rings (SSSR count). The lowest BCUT2D eigenvalue weighted by molar-refractivity contribution is -0.138. The van der Waals surface area contributed by atoms with Crippen LogP contribution in [0.2, 0.25) is 0 Å². The Kier molecular flexibility index (Phi) is 4.75. The maximum Gasteiger partial charge on any atom is 0.326 e. The van der Waals surface area contributed by atoms with Gasteiger partial charge in [-0.2, -0.15) is 0 Å². The number of para-hydroxylation sites is 2. The van der Waals surface area contributed by atoms with E-state index in [1.165, 1.54) is 24.3 Å². The van der Waals surface area contributed by atoms with Gasteiger partial charge in [0.2, 0.25) is 5.91 Å². The minimum absolute atomic E-state index is 0.0262. The minimum atomic E-state index is -0.0262. The highest BCUT2D eigenvalue weighted by Gasteiger charge is 2.57. The summed E-state index contributed by atoms with van der Waals surface area (Å²) in [5.74, 6) is 4.64. The van der Waals surface area contributed by atoms with Crippen molar-refractivity contribution >= 4 is 40.5 Å². The Bertz CT molecular complexity index is 1000. The average molecular weight is 444 g/mol. The fourth-order valence-corrected chi connectivity index (χ4v) is 10.6. The quantitative estimate of drug-likeness (QED) is 0.759. The molecule has 1 amide bonds. The van der Waals surface area contributed by atoms with Gasteiger partial charge in [0.05, 0.1) is 15.1 Å². The third kappa shape index (κ3) is 2.91. The van der Waals surface area contributed by atoms with E-state index in [4.69, 9.17) is 0 Å². The Morgan fingerprint density at radius 2 is 1.67 bits per heavy atom. The normalized spacial score (nSPS) is 31.1. The van der Waals surface area contributed by atoms with Gasteiger partial charge in [-0.1, -0.05) is 12.1 Å². The number of H-pyrrole nitrogens is 1. The number of hydrogen-bond donors (Lipinski definition) is 1.